The van der Waals surface area contributed by atoms with Gasteiger partial charge in [-0.15, -0.1) is 0 Å². The average molecular weight is 233 g/mol. The van der Waals surface area contributed by atoms with E-state index in [9.17, 15) is 5.11 Å². The van der Waals surface area contributed by atoms with Crippen LogP contribution < -0.4 is 5.32 Å². The van der Waals surface area contributed by atoms with Gasteiger partial charge < -0.3 is 10.4 Å². The van der Waals surface area contributed by atoms with E-state index in [1.54, 1.807) is 6.07 Å². The zero-order chi connectivity index (χ0) is 12.1. The predicted octanol–water partition coefficient (Wildman–Crippen LogP) is 3.45. The highest BCUT2D eigenvalue weighted by Gasteiger charge is 2.19. The molecule has 1 aliphatic rings. The van der Waals surface area contributed by atoms with Crippen molar-refractivity contribution >= 4 is 0 Å². The minimum absolute atomic E-state index is 0.356. The van der Waals surface area contributed by atoms with Crippen LogP contribution in [0.3, 0.4) is 0 Å². The molecule has 94 valence electrons. The monoisotopic (exact) mass is 233 g/mol. The Morgan fingerprint density at radius 1 is 1.29 bits per heavy atom. The second-order valence-corrected chi connectivity index (χ2v) is 5.24. The van der Waals surface area contributed by atoms with Gasteiger partial charge in [-0.2, -0.15) is 0 Å². The Kier molecular flexibility index (Phi) is 4.43. The summed E-state index contributed by atoms with van der Waals surface area (Å²) in [6.07, 6.45) is 6.93. The van der Waals surface area contributed by atoms with E-state index in [1.165, 1.54) is 32.1 Å². The van der Waals surface area contributed by atoms with E-state index in [4.69, 9.17) is 0 Å². The van der Waals surface area contributed by atoms with Crippen molar-refractivity contribution in [2.75, 3.05) is 0 Å². The van der Waals surface area contributed by atoms with Crippen LogP contribution in [-0.2, 0) is 6.54 Å². The molecule has 2 rings (SSSR count). The fourth-order valence-electron chi connectivity index (χ4n) is 2.75. The van der Waals surface area contributed by atoms with Crippen LogP contribution in [0.1, 0.15) is 44.6 Å². The van der Waals surface area contributed by atoms with Crippen molar-refractivity contribution in [3.63, 3.8) is 0 Å². The molecular weight excluding hydrogens is 210 g/mol. The second kappa shape index (κ2) is 6.06. The van der Waals surface area contributed by atoms with E-state index < -0.39 is 0 Å². The number of phenols is 1. The summed E-state index contributed by atoms with van der Waals surface area (Å²) in [6, 6.07) is 8.09. The summed E-state index contributed by atoms with van der Waals surface area (Å²) in [5, 5.41) is 13.0. The summed E-state index contributed by atoms with van der Waals surface area (Å²) in [4.78, 5) is 0. The molecule has 0 aliphatic heterocycles. The third kappa shape index (κ3) is 3.74. The van der Waals surface area contributed by atoms with Crippen LogP contribution in [0.4, 0.5) is 0 Å². The lowest BCUT2D eigenvalue weighted by molar-refractivity contribution is 0.280. The fourth-order valence-corrected chi connectivity index (χ4v) is 2.75. The van der Waals surface area contributed by atoms with Crippen molar-refractivity contribution in [2.45, 2.75) is 51.6 Å². The first kappa shape index (κ1) is 12.4. The van der Waals surface area contributed by atoms with Crippen LogP contribution in [0.5, 0.6) is 5.75 Å². The van der Waals surface area contributed by atoms with Gasteiger partial charge in [-0.3, -0.25) is 0 Å². The lowest BCUT2D eigenvalue weighted by atomic mass is 9.84. The number of phenolic OH excluding ortho intramolecular Hbond substituents is 1. The molecule has 0 radical (unpaired) electrons. The van der Waals surface area contributed by atoms with Crippen molar-refractivity contribution in [2.24, 2.45) is 5.92 Å². The lowest BCUT2D eigenvalue weighted by Gasteiger charge is -2.28. The lowest BCUT2D eigenvalue weighted by Crippen LogP contribution is -2.34. The van der Waals surface area contributed by atoms with E-state index in [1.807, 2.05) is 12.1 Å². The van der Waals surface area contributed by atoms with E-state index in [0.717, 1.165) is 18.0 Å². The summed E-state index contributed by atoms with van der Waals surface area (Å²) < 4.78 is 0. The van der Waals surface area contributed by atoms with Crippen molar-refractivity contribution in [1.29, 1.82) is 0 Å². The van der Waals surface area contributed by atoms with Crippen molar-refractivity contribution in [3.05, 3.63) is 29.8 Å². The number of benzene rings is 1. The van der Waals surface area contributed by atoms with Crippen molar-refractivity contribution < 1.29 is 5.11 Å². The Hall–Kier alpha value is -1.02. The Morgan fingerprint density at radius 2 is 2.06 bits per heavy atom. The molecule has 0 bridgehead atoms. The first-order chi connectivity index (χ1) is 8.25. The van der Waals surface area contributed by atoms with Gasteiger partial charge in [0.15, 0.2) is 0 Å². The summed E-state index contributed by atoms with van der Waals surface area (Å²) in [5.74, 6) is 1.19. The van der Waals surface area contributed by atoms with Gasteiger partial charge >= 0.3 is 0 Å². The Balaban J connectivity index is 1.80. The highest BCUT2D eigenvalue weighted by Crippen LogP contribution is 2.26. The maximum Gasteiger partial charge on any atom is 0.115 e. The Labute approximate surface area is 104 Å². The molecule has 0 aromatic heterocycles. The van der Waals surface area contributed by atoms with E-state index in [0.29, 0.717) is 11.8 Å². The molecule has 17 heavy (non-hydrogen) atoms. The Bertz CT molecular complexity index is 345. The minimum Gasteiger partial charge on any atom is -0.508 e. The zero-order valence-electron chi connectivity index (χ0n) is 10.7. The first-order valence-electron chi connectivity index (χ1n) is 6.77. The summed E-state index contributed by atoms with van der Waals surface area (Å²) in [5.41, 5.74) is 1.16. The van der Waals surface area contributed by atoms with Gasteiger partial charge in [0.2, 0.25) is 0 Å². The molecule has 1 fully saturated rings. The molecule has 1 aliphatic carbocycles. The number of rotatable bonds is 4. The summed E-state index contributed by atoms with van der Waals surface area (Å²) in [7, 11) is 0. The maximum absolute atomic E-state index is 9.40. The molecule has 0 amide bonds. The van der Waals surface area contributed by atoms with Crippen molar-refractivity contribution in [1.82, 2.24) is 5.32 Å². The highest BCUT2D eigenvalue weighted by molar-refractivity contribution is 5.26. The molecule has 0 spiro atoms. The molecule has 1 atom stereocenters. The fraction of sp³-hybridized carbons (Fsp3) is 0.600. The third-order valence-electron chi connectivity index (χ3n) is 3.90. The molecule has 1 aromatic carbocycles. The molecule has 2 heteroatoms. The normalized spacial score (nSPS) is 19.1. The number of hydrogen-bond donors (Lipinski definition) is 2. The molecule has 2 N–H and O–H groups in total. The van der Waals surface area contributed by atoms with Gasteiger partial charge in [0, 0.05) is 12.6 Å². The van der Waals surface area contributed by atoms with Crippen LogP contribution in [0.2, 0.25) is 0 Å². The van der Waals surface area contributed by atoms with E-state index in [-0.39, 0.29) is 0 Å². The Morgan fingerprint density at radius 3 is 2.76 bits per heavy atom. The zero-order valence-corrected chi connectivity index (χ0v) is 10.7. The molecule has 0 heterocycles. The number of nitrogens with one attached hydrogen (secondary N) is 1. The molecule has 0 saturated heterocycles. The van der Waals surface area contributed by atoms with Crippen molar-refractivity contribution in [3.8, 4) is 5.75 Å². The largest absolute Gasteiger partial charge is 0.508 e. The van der Waals surface area contributed by atoms with Crippen LogP contribution in [-0.4, -0.2) is 11.1 Å². The third-order valence-corrected chi connectivity index (χ3v) is 3.90. The topological polar surface area (TPSA) is 32.3 Å². The molecular formula is C15H23NO. The van der Waals surface area contributed by atoms with Crippen LogP contribution in [0, 0.1) is 5.92 Å². The SMILES string of the molecule is C[C@@H](NCc1cccc(O)c1)C1CCCCC1. The summed E-state index contributed by atoms with van der Waals surface area (Å²) >= 11 is 0. The van der Waals surface area contributed by atoms with Gasteiger partial charge in [-0.05, 0) is 43.4 Å². The smallest absolute Gasteiger partial charge is 0.115 e. The molecule has 2 nitrogen and oxygen atoms in total. The molecule has 1 aromatic rings. The van der Waals surface area contributed by atoms with Gasteiger partial charge in [0.1, 0.15) is 5.75 Å². The predicted molar refractivity (Wildman–Crippen MR) is 71.0 cm³/mol. The number of hydrogen-bond acceptors (Lipinski definition) is 2. The quantitative estimate of drug-likeness (QED) is 0.835. The molecule has 1 saturated carbocycles. The maximum atomic E-state index is 9.40. The van der Waals surface area contributed by atoms with Gasteiger partial charge in [0.25, 0.3) is 0 Å². The number of aromatic hydroxyl groups is 1. The second-order valence-electron chi connectivity index (χ2n) is 5.24. The minimum atomic E-state index is 0.356. The van der Waals surface area contributed by atoms with Crippen LogP contribution in [0.25, 0.3) is 0 Å². The van der Waals surface area contributed by atoms with Crippen LogP contribution in [0.15, 0.2) is 24.3 Å². The van der Waals surface area contributed by atoms with Crippen LogP contribution >= 0.6 is 0 Å². The highest BCUT2D eigenvalue weighted by atomic mass is 16.3. The molecule has 0 unspecified atom stereocenters. The first-order valence-corrected chi connectivity index (χ1v) is 6.77. The average Bonchev–Trinajstić information content (AvgIpc) is 2.37. The van der Waals surface area contributed by atoms with E-state index in [2.05, 4.69) is 18.3 Å². The van der Waals surface area contributed by atoms with Gasteiger partial charge in [-0.25, -0.2) is 0 Å². The standard InChI is InChI=1S/C15H23NO/c1-12(14-7-3-2-4-8-14)16-11-13-6-5-9-15(17)10-13/h5-6,9-10,12,14,16-17H,2-4,7-8,11H2,1H3/t12-/m1/s1. The summed E-state index contributed by atoms with van der Waals surface area (Å²) in [6.45, 7) is 3.14. The van der Waals surface area contributed by atoms with Gasteiger partial charge in [0.05, 0.1) is 0 Å². The van der Waals surface area contributed by atoms with Gasteiger partial charge in [-0.1, -0.05) is 31.4 Å². The van der Waals surface area contributed by atoms with E-state index >= 15 is 0 Å².